The topological polar surface area (TPSA) is 43.1 Å². The minimum atomic E-state index is -4.16. The molecule has 2 unspecified atom stereocenters. The Labute approximate surface area is 81.7 Å². The first-order valence-corrected chi connectivity index (χ1v) is 4.62. The summed E-state index contributed by atoms with van der Waals surface area (Å²) in [5.74, 6) is -1.50. The fourth-order valence-corrected chi connectivity index (χ4v) is 1.45. The van der Waals surface area contributed by atoms with Crippen LogP contribution in [0.25, 0.3) is 0 Å². The van der Waals surface area contributed by atoms with Gasteiger partial charge in [0.1, 0.15) is 0 Å². The normalized spacial score (nSPS) is 16.4. The Morgan fingerprint density at radius 1 is 1.43 bits per heavy atom. The molecule has 0 aromatic carbocycles. The maximum atomic E-state index is 11.9. The van der Waals surface area contributed by atoms with E-state index in [2.05, 4.69) is 0 Å². The molecule has 14 heavy (non-hydrogen) atoms. The third-order valence-electron chi connectivity index (χ3n) is 2.16. The molecule has 0 rings (SSSR count). The Bertz CT molecular complexity index is 191. The fourth-order valence-electron chi connectivity index (χ4n) is 1.45. The highest BCUT2D eigenvalue weighted by Crippen LogP contribution is 2.28. The van der Waals surface area contributed by atoms with Crippen molar-refractivity contribution in [3.63, 3.8) is 0 Å². The molecule has 1 amide bonds. The molecule has 5 heteroatoms. The van der Waals surface area contributed by atoms with Gasteiger partial charge in [-0.05, 0) is 18.8 Å². The maximum Gasteiger partial charge on any atom is 0.389 e. The molecule has 0 aromatic rings. The lowest BCUT2D eigenvalue weighted by Gasteiger charge is -2.18. The van der Waals surface area contributed by atoms with Crippen molar-refractivity contribution in [2.45, 2.75) is 39.3 Å². The van der Waals surface area contributed by atoms with Crippen LogP contribution >= 0.6 is 0 Å². The number of primary amides is 1. The van der Waals surface area contributed by atoms with Crippen molar-refractivity contribution in [3.05, 3.63) is 0 Å². The molecule has 0 spiro atoms. The van der Waals surface area contributed by atoms with Gasteiger partial charge in [0.25, 0.3) is 0 Å². The zero-order valence-electron chi connectivity index (χ0n) is 8.40. The largest absolute Gasteiger partial charge is 0.389 e. The highest BCUT2D eigenvalue weighted by atomic mass is 19.4. The molecule has 0 saturated carbocycles. The predicted octanol–water partition coefficient (Wildman–Crippen LogP) is 2.48. The molecule has 0 fully saturated rings. The van der Waals surface area contributed by atoms with E-state index >= 15 is 0 Å². The van der Waals surface area contributed by atoms with E-state index in [4.69, 9.17) is 5.73 Å². The summed E-state index contributed by atoms with van der Waals surface area (Å²) in [4.78, 5) is 10.8. The van der Waals surface area contributed by atoms with Crippen molar-refractivity contribution in [2.24, 2.45) is 17.6 Å². The Hall–Kier alpha value is -0.740. The molecular weight excluding hydrogens is 195 g/mol. The number of alkyl halides is 3. The summed E-state index contributed by atoms with van der Waals surface area (Å²) < 4.78 is 35.8. The number of rotatable bonds is 5. The monoisotopic (exact) mass is 211 g/mol. The summed E-state index contributed by atoms with van der Waals surface area (Å²) in [6.45, 7) is 3.23. The summed E-state index contributed by atoms with van der Waals surface area (Å²) in [6, 6.07) is 0. The van der Waals surface area contributed by atoms with Crippen molar-refractivity contribution in [3.8, 4) is 0 Å². The van der Waals surface area contributed by atoms with Crippen LogP contribution in [0.5, 0.6) is 0 Å². The van der Waals surface area contributed by atoms with Gasteiger partial charge in [-0.25, -0.2) is 0 Å². The molecule has 0 aliphatic rings. The number of hydrogen-bond acceptors (Lipinski definition) is 1. The minimum Gasteiger partial charge on any atom is -0.369 e. The maximum absolute atomic E-state index is 11.9. The Morgan fingerprint density at radius 2 is 1.93 bits per heavy atom. The van der Waals surface area contributed by atoms with Gasteiger partial charge in [0.2, 0.25) is 5.91 Å². The van der Waals surface area contributed by atoms with E-state index in [1.165, 1.54) is 6.92 Å². The van der Waals surface area contributed by atoms with Crippen LogP contribution in [0.4, 0.5) is 13.2 Å². The fraction of sp³-hybridized carbons (Fsp3) is 0.889. The summed E-state index contributed by atoms with van der Waals surface area (Å²) in [5, 5.41) is 0. The zero-order valence-corrected chi connectivity index (χ0v) is 8.40. The third-order valence-corrected chi connectivity index (χ3v) is 2.16. The van der Waals surface area contributed by atoms with Crippen LogP contribution in [0, 0.1) is 11.8 Å². The lowest BCUT2D eigenvalue weighted by atomic mass is 9.91. The first-order chi connectivity index (χ1) is 6.26. The van der Waals surface area contributed by atoms with Gasteiger partial charge in [0, 0.05) is 12.3 Å². The van der Waals surface area contributed by atoms with Gasteiger partial charge in [-0.2, -0.15) is 13.2 Å². The number of carbonyl (C=O) groups excluding carboxylic acids is 1. The highest BCUT2D eigenvalue weighted by molar-refractivity contribution is 5.76. The van der Waals surface area contributed by atoms with Crippen LogP contribution in [0.15, 0.2) is 0 Å². The molecule has 0 aromatic heterocycles. The second kappa shape index (κ2) is 5.22. The van der Waals surface area contributed by atoms with E-state index in [1.807, 2.05) is 0 Å². The molecule has 2 atom stereocenters. The molecule has 0 saturated heterocycles. The van der Waals surface area contributed by atoms with Gasteiger partial charge in [0.05, 0.1) is 0 Å². The molecule has 2 N–H and O–H groups in total. The van der Waals surface area contributed by atoms with Gasteiger partial charge >= 0.3 is 6.18 Å². The van der Waals surface area contributed by atoms with Crippen LogP contribution in [-0.4, -0.2) is 12.1 Å². The molecule has 0 radical (unpaired) electrons. The van der Waals surface area contributed by atoms with Gasteiger partial charge < -0.3 is 5.73 Å². The molecular formula is C9H16F3NO. The molecule has 2 nitrogen and oxygen atoms in total. The van der Waals surface area contributed by atoms with Crippen molar-refractivity contribution < 1.29 is 18.0 Å². The summed E-state index contributed by atoms with van der Waals surface area (Å²) >= 11 is 0. The second-order valence-corrected chi connectivity index (χ2v) is 3.67. The van der Waals surface area contributed by atoms with Gasteiger partial charge in [-0.1, -0.05) is 13.8 Å². The first-order valence-electron chi connectivity index (χ1n) is 4.62. The smallest absolute Gasteiger partial charge is 0.369 e. The Morgan fingerprint density at radius 3 is 2.21 bits per heavy atom. The average molecular weight is 211 g/mol. The molecule has 0 aliphatic carbocycles. The van der Waals surface area contributed by atoms with Crippen molar-refractivity contribution in [1.29, 1.82) is 0 Å². The second-order valence-electron chi connectivity index (χ2n) is 3.67. The van der Waals surface area contributed by atoms with Crippen LogP contribution in [0.3, 0.4) is 0 Å². The van der Waals surface area contributed by atoms with Crippen LogP contribution in [-0.2, 0) is 4.79 Å². The highest BCUT2D eigenvalue weighted by Gasteiger charge is 2.31. The third kappa shape index (κ3) is 5.83. The molecule has 0 heterocycles. The number of nitrogens with two attached hydrogens (primary N) is 1. The van der Waals surface area contributed by atoms with Gasteiger partial charge in [0.15, 0.2) is 0 Å². The molecule has 0 aliphatic heterocycles. The molecule has 84 valence electrons. The SMILES string of the molecule is CCC(CC(C)CC(F)(F)F)C(N)=O. The lowest BCUT2D eigenvalue weighted by molar-refractivity contribution is -0.145. The van der Waals surface area contributed by atoms with Crippen molar-refractivity contribution >= 4 is 5.91 Å². The van der Waals surface area contributed by atoms with E-state index in [9.17, 15) is 18.0 Å². The first kappa shape index (κ1) is 13.3. The number of amides is 1. The summed E-state index contributed by atoms with van der Waals surface area (Å²) in [5.41, 5.74) is 5.04. The van der Waals surface area contributed by atoms with Crippen molar-refractivity contribution in [1.82, 2.24) is 0 Å². The van der Waals surface area contributed by atoms with Crippen molar-refractivity contribution in [2.75, 3.05) is 0 Å². The van der Waals surface area contributed by atoms with E-state index in [0.29, 0.717) is 6.42 Å². The van der Waals surface area contributed by atoms with E-state index < -0.39 is 30.3 Å². The van der Waals surface area contributed by atoms with Crippen LogP contribution in [0.1, 0.15) is 33.1 Å². The number of halogens is 3. The zero-order chi connectivity index (χ0) is 11.4. The van der Waals surface area contributed by atoms with E-state index in [-0.39, 0.29) is 6.42 Å². The summed E-state index contributed by atoms with van der Waals surface area (Å²) in [6.07, 6.45) is -4.30. The minimum absolute atomic E-state index is 0.214. The Kier molecular flexibility index (Phi) is 4.94. The number of carbonyl (C=O) groups is 1. The standard InChI is InChI=1S/C9H16F3NO/c1-3-7(8(13)14)4-6(2)5-9(10,11)12/h6-7H,3-5H2,1-2H3,(H2,13,14). The predicted molar refractivity (Wildman–Crippen MR) is 47.4 cm³/mol. The lowest BCUT2D eigenvalue weighted by Crippen LogP contribution is -2.25. The quantitative estimate of drug-likeness (QED) is 0.745. The van der Waals surface area contributed by atoms with Gasteiger partial charge in [-0.15, -0.1) is 0 Å². The van der Waals surface area contributed by atoms with Crippen LogP contribution in [0.2, 0.25) is 0 Å². The molecule has 0 bridgehead atoms. The Balaban J connectivity index is 4.03. The van der Waals surface area contributed by atoms with E-state index in [0.717, 1.165) is 0 Å². The van der Waals surface area contributed by atoms with Gasteiger partial charge in [-0.3, -0.25) is 4.79 Å². The number of hydrogen-bond donors (Lipinski definition) is 1. The van der Waals surface area contributed by atoms with Crippen LogP contribution < -0.4 is 5.73 Å². The van der Waals surface area contributed by atoms with E-state index in [1.54, 1.807) is 6.92 Å². The average Bonchev–Trinajstić information content (AvgIpc) is 1.96. The summed E-state index contributed by atoms with van der Waals surface area (Å²) in [7, 11) is 0.